The van der Waals surface area contributed by atoms with Gasteiger partial charge in [-0.3, -0.25) is 19.8 Å². The molecule has 1 aromatic heterocycles. The summed E-state index contributed by atoms with van der Waals surface area (Å²) in [7, 11) is 3.27. The van der Waals surface area contributed by atoms with Crippen molar-refractivity contribution in [2.45, 2.75) is 32.4 Å². The number of rotatable bonds is 10. The molecule has 4 rings (SSSR count). The van der Waals surface area contributed by atoms with Gasteiger partial charge in [-0.25, -0.2) is 0 Å². The van der Waals surface area contributed by atoms with E-state index in [4.69, 9.17) is 9.47 Å². The maximum Gasteiger partial charge on any atom is 0.324 e. The van der Waals surface area contributed by atoms with Crippen LogP contribution in [0.5, 0.6) is 11.5 Å². The lowest BCUT2D eigenvalue weighted by atomic mass is 10.1. The fraction of sp³-hybridized carbons (Fsp3) is 0.522. The van der Waals surface area contributed by atoms with Gasteiger partial charge in [0.2, 0.25) is 5.91 Å². The molecule has 2 heterocycles. The van der Waals surface area contributed by atoms with Crippen LogP contribution in [0.4, 0.5) is 5.00 Å². The number of ether oxygens (including phenoxy) is 2. The monoisotopic (exact) mass is 459 g/mol. The zero-order chi connectivity index (χ0) is 22.7. The van der Waals surface area contributed by atoms with Crippen molar-refractivity contribution in [3.8, 4) is 11.5 Å². The van der Waals surface area contributed by atoms with E-state index in [-0.39, 0.29) is 15.8 Å². The van der Waals surface area contributed by atoms with Crippen LogP contribution in [-0.4, -0.2) is 54.5 Å². The molecule has 1 unspecified atom stereocenters. The van der Waals surface area contributed by atoms with Gasteiger partial charge in [-0.2, -0.15) is 0 Å². The number of hydrogen-bond acceptors (Lipinski definition) is 7. The van der Waals surface area contributed by atoms with Gasteiger partial charge in [0.15, 0.2) is 0 Å². The SMILES string of the molecule is COc1ccc(CN(Cc2ccc([N+](=O)[O-])s2)CC2CCN(C(=O)C3CC3)C2)c(OC)c1. The number of nitro groups is 1. The average molecular weight is 460 g/mol. The minimum Gasteiger partial charge on any atom is -0.497 e. The van der Waals surface area contributed by atoms with Crippen molar-refractivity contribution >= 4 is 22.2 Å². The van der Waals surface area contributed by atoms with E-state index in [0.29, 0.717) is 24.9 Å². The van der Waals surface area contributed by atoms with Crippen molar-refractivity contribution in [1.82, 2.24) is 9.80 Å². The van der Waals surface area contributed by atoms with Gasteiger partial charge in [0.05, 0.1) is 19.1 Å². The van der Waals surface area contributed by atoms with Crippen LogP contribution < -0.4 is 9.47 Å². The second-order valence-corrected chi connectivity index (χ2v) is 9.70. The minimum atomic E-state index is -0.344. The van der Waals surface area contributed by atoms with Crippen molar-refractivity contribution < 1.29 is 19.2 Å². The Bertz CT molecular complexity index is 974. The number of thiophene rings is 1. The molecule has 1 atom stereocenters. The second kappa shape index (κ2) is 9.87. The lowest BCUT2D eigenvalue weighted by Gasteiger charge is -2.26. The molecule has 1 amide bonds. The van der Waals surface area contributed by atoms with Crippen LogP contribution in [-0.2, 0) is 17.9 Å². The molecule has 9 heteroatoms. The second-order valence-electron chi connectivity index (χ2n) is 8.56. The maximum absolute atomic E-state index is 12.5. The number of likely N-dealkylation sites (tertiary alicyclic amines) is 1. The van der Waals surface area contributed by atoms with Crippen LogP contribution in [0.15, 0.2) is 30.3 Å². The van der Waals surface area contributed by atoms with Gasteiger partial charge < -0.3 is 14.4 Å². The lowest BCUT2D eigenvalue weighted by Crippen LogP contribution is -2.33. The molecule has 0 N–H and O–H groups in total. The third-order valence-corrected chi connectivity index (χ3v) is 7.16. The first kappa shape index (κ1) is 22.5. The van der Waals surface area contributed by atoms with Crippen LogP contribution in [0, 0.1) is 22.0 Å². The van der Waals surface area contributed by atoms with Gasteiger partial charge in [-0.05, 0) is 37.3 Å². The summed E-state index contributed by atoms with van der Waals surface area (Å²) in [6.07, 6.45) is 3.04. The van der Waals surface area contributed by atoms with Crippen LogP contribution in [0.25, 0.3) is 0 Å². The van der Waals surface area contributed by atoms with Gasteiger partial charge >= 0.3 is 5.00 Å². The van der Waals surface area contributed by atoms with E-state index in [0.717, 1.165) is 60.8 Å². The Morgan fingerprint density at radius 3 is 2.66 bits per heavy atom. The molecule has 1 aromatic carbocycles. The summed E-state index contributed by atoms with van der Waals surface area (Å²) in [5.41, 5.74) is 1.03. The van der Waals surface area contributed by atoms with E-state index in [9.17, 15) is 14.9 Å². The predicted octanol–water partition coefficient (Wildman–Crippen LogP) is 3.93. The Balaban J connectivity index is 1.48. The zero-order valence-electron chi connectivity index (χ0n) is 18.5. The molecule has 0 bridgehead atoms. The van der Waals surface area contributed by atoms with Crippen molar-refractivity contribution in [3.05, 3.63) is 50.9 Å². The molecule has 0 radical (unpaired) electrons. The van der Waals surface area contributed by atoms with Crippen molar-refractivity contribution in [1.29, 1.82) is 0 Å². The van der Waals surface area contributed by atoms with E-state index < -0.39 is 0 Å². The number of nitrogens with zero attached hydrogens (tertiary/aromatic N) is 3. The number of carbonyl (C=O) groups excluding carboxylic acids is 1. The lowest BCUT2D eigenvalue weighted by molar-refractivity contribution is -0.380. The van der Waals surface area contributed by atoms with Crippen molar-refractivity contribution in [3.63, 3.8) is 0 Å². The molecular formula is C23H29N3O5S. The van der Waals surface area contributed by atoms with Gasteiger partial charge in [0.1, 0.15) is 11.5 Å². The van der Waals surface area contributed by atoms with Crippen LogP contribution in [0.1, 0.15) is 29.7 Å². The molecule has 1 saturated carbocycles. The molecule has 32 heavy (non-hydrogen) atoms. The summed E-state index contributed by atoms with van der Waals surface area (Å²) in [6.45, 7) is 3.68. The molecule has 8 nitrogen and oxygen atoms in total. The fourth-order valence-corrected chi connectivity index (χ4v) is 5.18. The number of methoxy groups -OCH3 is 2. The highest BCUT2D eigenvalue weighted by molar-refractivity contribution is 7.15. The Morgan fingerprint density at radius 2 is 2.00 bits per heavy atom. The molecule has 172 valence electrons. The van der Waals surface area contributed by atoms with E-state index in [2.05, 4.69) is 4.90 Å². The number of carbonyl (C=O) groups is 1. The maximum atomic E-state index is 12.5. The molecule has 0 spiro atoms. The molecule has 2 fully saturated rings. The normalized spacial score (nSPS) is 18.2. The van der Waals surface area contributed by atoms with E-state index in [1.54, 1.807) is 20.3 Å². The third kappa shape index (κ3) is 5.39. The van der Waals surface area contributed by atoms with Crippen molar-refractivity contribution in [2.75, 3.05) is 33.9 Å². The number of amides is 1. The molecule has 1 aliphatic heterocycles. The van der Waals surface area contributed by atoms with Crippen LogP contribution >= 0.6 is 11.3 Å². The quantitative estimate of drug-likeness (QED) is 0.395. The summed E-state index contributed by atoms with van der Waals surface area (Å²) in [5.74, 6) is 2.43. The van der Waals surface area contributed by atoms with Crippen molar-refractivity contribution in [2.24, 2.45) is 11.8 Å². The molecule has 2 aliphatic rings. The number of benzene rings is 1. The third-order valence-electron chi connectivity index (χ3n) is 6.14. The Labute approximate surface area is 191 Å². The van der Waals surface area contributed by atoms with Gasteiger partial charge in [0.25, 0.3) is 0 Å². The first-order chi connectivity index (χ1) is 15.5. The molecule has 2 aromatic rings. The van der Waals surface area contributed by atoms with Gasteiger partial charge in [0, 0.05) is 61.2 Å². The molecular weight excluding hydrogens is 430 g/mol. The highest BCUT2D eigenvalue weighted by Gasteiger charge is 2.37. The fourth-order valence-electron chi connectivity index (χ4n) is 4.31. The van der Waals surface area contributed by atoms with Crippen LogP contribution in [0.3, 0.4) is 0 Å². The Kier molecular flexibility index (Phi) is 6.95. The summed E-state index contributed by atoms with van der Waals surface area (Å²) in [6, 6.07) is 9.18. The largest absolute Gasteiger partial charge is 0.497 e. The minimum absolute atomic E-state index is 0.157. The standard InChI is InChI=1S/C23H29N3O5S/c1-30-19-6-5-18(21(11-19)31-2)14-24(15-20-7-8-22(32-20)26(28)29)12-16-9-10-25(13-16)23(27)17-3-4-17/h5-8,11,16-17H,3-4,9-10,12-15H2,1-2H3. The first-order valence-electron chi connectivity index (χ1n) is 10.9. The summed E-state index contributed by atoms with van der Waals surface area (Å²) < 4.78 is 10.9. The smallest absolute Gasteiger partial charge is 0.324 e. The Hall–Kier alpha value is -2.65. The summed E-state index contributed by atoms with van der Waals surface area (Å²) in [4.78, 5) is 28.5. The summed E-state index contributed by atoms with van der Waals surface area (Å²) in [5, 5.41) is 11.3. The predicted molar refractivity (Wildman–Crippen MR) is 122 cm³/mol. The van der Waals surface area contributed by atoms with Crippen LogP contribution in [0.2, 0.25) is 0 Å². The van der Waals surface area contributed by atoms with E-state index >= 15 is 0 Å². The highest BCUT2D eigenvalue weighted by Crippen LogP contribution is 2.34. The van der Waals surface area contributed by atoms with Gasteiger partial charge in [-0.1, -0.05) is 17.4 Å². The van der Waals surface area contributed by atoms with E-state index in [1.165, 1.54) is 11.3 Å². The van der Waals surface area contributed by atoms with E-state index in [1.807, 2.05) is 29.2 Å². The molecule has 1 saturated heterocycles. The zero-order valence-corrected chi connectivity index (χ0v) is 19.3. The highest BCUT2D eigenvalue weighted by atomic mass is 32.1. The van der Waals surface area contributed by atoms with Gasteiger partial charge in [-0.15, -0.1) is 0 Å². The topological polar surface area (TPSA) is 85.2 Å². The number of hydrogen-bond donors (Lipinski definition) is 0. The average Bonchev–Trinajstić information content (AvgIpc) is 3.35. The Morgan fingerprint density at radius 1 is 1.19 bits per heavy atom. The molecule has 1 aliphatic carbocycles. The first-order valence-corrected chi connectivity index (χ1v) is 11.7. The summed E-state index contributed by atoms with van der Waals surface area (Å²) >= 11 is 1.21.